The van der Waals surface area contributed by atoms with Crippen LogP contribution in [0.4, 0.5) is 0 Å². The van der Waals surface area contributed by atoms with Crippen LogP contribution in [0.2, 0.25) is 0 Å². The second-order valence-electron chi connectivity index (χ2n) is 5.31. The molecule has 0 aromatic heterocycles. The molecule has 1 aromatic rings. The number of esters is 1. The number of nitrogens with two attached hydrogens (primary N) is 1. The molecule has 23 heavy (non-hydrogen) atoms. The van der Waals surface area contributed by atoms with Crippen molar-refractivity contribution in [2.24, 2.45) is 5.73 Å². The number of thioether (sulfide) groups is 1. The highest BCUT2D eigenvalue weighted by Crippen LogP contribution is 2.18. The Bertz CT molecular complexity index is 588. The van der Waals surface area contributed by atoms with Crippen LogP contribution in [0, 0.1) is 0 Å². The van der Waals surface area contributed by atoms with Crippen molar-refractivity contribution in [2.45, 2.75) is 30.2 Å². The van der Waals surface area contributed by atoms with E-state index in [1.165, 1.54) is 4.90 Å². The fourth-order valence-corrected chi connectivity index (χ4v) is 2.95. The molecule has 6 nitrogen and oxygen atoms in total. The van der Waals surface area contributed by atoms with Crippen molar-refractivity contribution < 1.29 is 19.1 Å². The molecule has 124 valence electrons. The molecule has 0 saturated carbocycles. The summed E-state index contributed by atoms with van der Waals surface area (Å²) in [6.45, 7) is 0.0826. The Kier molecular flexibility index (Phi) is 6.04. The molecular formula is C16H20N2O4S. The molecule has 0 unspecified atom stereocenters. The number of hydrogen-bond donors (Lipinski definition) is 1. The zero-order valence-electron chi connectivity index (χ0n) is 13.0. The maximum Gasteiger partial charge on any atom is 0.338 e. The van der Waals surface area contributed by atoms with E-state index in [4.69, 9.17) is 10.5 Å². The summed E-state index contributed by atoms with van der Waals surface area (Å²) in [5, 5.41) is 0. The van der Waals surface area contributed by atoms with Crippen LogP contribution in [-0.2, 0) is 14.3 Å². The van der Waals surface area contributed by atoms with Gasteiger partial charge in [-0.2, -0.15) is 0 Å². The Morgan fingerprint density at radius 2 is 1.96 bits per heavy atom. The number of hydrogen-bond acceptors (Lipinski definition) is 5. The van der Waals surface area contributed by atoms with E-state index in [0.29, 0.717) is 18.5 Å². The first-order valence-corrected chi connectivity index (χ1v) is 8.65. The zero-order valence-corrected chi connectivity index (χ0v) is 13.8. The van der Waals surface area contributed by atoms with Crippen molar-refractivity contribution in [3.63, 3.8) is 0 Å². The summed E-state index contributed by atoms with van der Waals surface area (Å²) in [4.78, 5) is 38.0. The highest BCUT2D eigenvalue weighted by Gasteiger charge is 2.31. The van der Waals surface area contributed by atoms with Crippen molar-refractivity contribution in [3.8, 4) is 0 Å². The van der Waals surface area contributed by atoms with Gasteiger partial charge < -0.3 is 15.4 Å². The van der Waals surface area contributed by atoms with Crippen LogP contribution >= 0.6 is 11.8 Å². The molecule has 1 aliphatic heterocycles. The SMILES string of the molecule is CSc1ccc(C(=O)OCC(=O)N2CCCC[C@@H]2C(N)=O)cc1. The van der Waals surface area contributed by atoms with E-state index >= 15 is 0 Å². The summed E-state index contributed by atoms with van der Waals surface area (Å²) in [5.41, 5.74) is 5.72. The van der Waals surface area contributed by atoms with E-state index in [1.54, 1.807) is 23.9 Å². The van der Waals surface area contributed by atoms with Gasteiger partial charge in [0.25, 0.3) is 5.91 Å². The molecular weight excluding hydrogens is 316 g/mol. The average molecular weight is 336 g/mol. The zero-order chi connectivity index (χ0) is 16.8. The lowest BCUT2D eigenvalue weighted by molar-refractivity contribution is -0.143. The number of amides is 2. The van der Waals surface area contributed by atoms with Gasteiger partial charge in [-0.1, -0.05) is 0 Å². The van der Waals surface area contributed by atoms with Gasteiger partial charge in [0.1, 0.15) is 6.04 Å². The summed E-state index contributed by atoms with van der Waals surface area (Å²) >= 11 is 1.57. The number of carbonyl (C=O) groups is 3. The normalized spacial score (nSPS) is 17.6. The lowest BCUT2D eigenvalue weighted by Crippen LogP contribution is -2.51. The van der Waals surface area contributed by atoms with Crippen molar-refractivity contribution in [2.75, 3.05) is 19.4 Å². The lowest BCUT2D eigenvalue weighted by atomic mass is 10.0. The van der Waals surface area contributed by atoms with Crippen molar-refractivity contribution >= 4 is 29.5 Å². The Morgan fingerprint density at radius 1 is 1.26 bits per heavy atom. The molecule has 2 rings (SSSR count). The van der Waals surface area contributed by atoms with Gasteiger partial charge in [-0.3, -0.25) is 9.59 Å². The third-order valence-corrected chi connectivity index (χ3v) is 4.55. The Morgan fingerprint density at radius 3 is 2.57 bits per heavy atom. The molecule has 0 spiro atoms. The topological polar surface area (TPSA) is 89.7 Å². The van der Waals surface area contributed by atoms with E-state index in [1.807, 2.05) is 18.4 Å². The molecule has 0 aliphatic carbocycles. The minimum absolute atomic E-state index is 0.382. The first-order chi connectivity index (χ1) is 11.0. The van der Waals surface area contributed by atoms with Gasteiger partial charge in [0.15, 0.2) is 6.61 Å². The van der Waals surface area contributed by atoms with E-state index in [9.17, 15) is 14.4 Å². The highest BCUT2D eigenvalue weighted by atomic mass is 32.2. The predicted octanol–water partition coefficient (Wildman–Crippen LogP) is 1.43. The Hall–Kier alpha value is -2.02. The molecule has 1 atom stereocenters. The van der Waals surface area contributed by atoms with Gasteiger partial charge >= 0.3 is 5.97 Å². The van der Waals surface area contributed by atoms with E-state index in [-0.39, 0.29) is 12.5 Å². The van der Waals surface area contributed by atoms with E-state index < -0.39 is 17.9 Å². The molecule has 2 amide bonds. The number of rotatable bonds is 5. The molecule has 1 heterocycles. The van der Waals surface area contributed by atoms with Gasteiger partial charge in [0.05, 0.1) is 5.56 Å². The average Bonchev–Trinajstić information content (AvgIpc) is 2.59. The number of piperidine rings is 1. The third-order valence-electron chi connectivity index (χ3n) is 3.80. The number of primary amides is 1. The second kappa shape index (κ2) is 8.01. The van der Waals surface area contributed by atoms with Gasteiger partial charge in [0.2, 0.25) is 5.91 Å². The van der Waals surface area contributed by atoms with E-state index in [0.717, 1.165) is 17.7 Å². The largest absolute Gasteiger partial charge is 0.452 e. The fourth-order valence-electron chi connectivity index (χ4n) is 2.55. The minimum atomic E-state index is -0.601. The van der Waals surface area contributed by atoms with Gasteiger partial charge in [-0.25, -0.2) is 4.79 Å². The smallest absolute Gasteiger partial charge is 0.338 e. The van der Waals surface area contributed by atoms with Gasteiger partial charge in [-0.15, -0.1) is 11.8 Å². The van der Waals surface area contributed by atoms with E-state index in [2.05, 4.69) is 0 Å². The third kappa shape index (κ3) is 4.48. The first-order valence-electron chi connectivity index (χ1n) is 7.43. The monoisotopic (exact) mass is 336 g/mol. The molecule has 0 bridgehead atoms. The Balaban J connectivity index is 1.92. The van der Waals surface area contributed by atoms with Crippen LogP contribution < -0.4 is 5.73 Å². The Labute approximate surface area is 139 Å². The second-order valence-corrected chi connectivity index (χ2v) is 6.19. The molecule has 1 aliphatic rings. The van der Waals surface area contributed by atoms with Crippen LogP contribution in [0.25, 0.3) is 0 Å². The molecule has 2 N–H and O–H groups in total. The standard InChI is InChI=1S/C16H20N2O4S/c1-23-12-7-5-11(6-8-12)16(21)22-10-14(19)18-9-3-2-4-13(18)15(17)20/h5-8,13H,2-4,9-10H2,1H3,(H2,17,20)/t13-/m1/s1. The maximum absolute atomic E-state index is 12.2. The fraction of sp³-hybridized carbons (Fsp3) is 0.438. The highest BCUT2D eigenvalue weighted by molar-refractivity contribution is 7.98. The van der Waals surface area contributed by atoms with Crippen LogP contribution in [-0.4, -0.2) is 48.1 Å². The summed E-state index contributed by atoms with van der Waals surface area (Å²) < 4.78 is 5.06. The molecule has 1 saturated heterocycles. The van der Waals surface area contributed by atoms with Crippen LogP contribution in [0.3, 0.4) is 0 Å². The maximum atomic E-state index is 12.2. The van der Waals surface area contributed by atoms with Crippen molar-refractivity contribution in [3.05, 3.63) is 29.8 Å². The quantitative estimate of drug-likeness (QED) is 0.649. The first kappa shape index (κ1) is 17.3. The number of benzene rings is 1. The summed E-state index contributed by atoms with van der Waals surface area (Å²) in [6, 6.07) is 6.35. The number of likely N-dealkylation sites (tertiary alicyclic amines) is 1. The summed E-state index contributed by atoms with van der Waals surface area (Å²) in [5.74, 6) is -1.46. The minimum Gasteiger partial charge on any atom is -0.452 e. The molecule has 1 aromatic carbocycles. The van der Waals surface area contributed by atoms with Crippen LogP contribution in [0.5, 0.6) is 0 Å². The molecule has 0 radical (unpaired) electrons. The van der Waals surface area contributed by atoms with Crippen molar-refractivity contribution in [1.29, 1.82) is 0 Å². The lowest BCUT2D eigenvalue weighted by Gasteiger charge is -2.33. The number of nitrogens with zero attached hydrogens (tertiary/aromatic N) is 1. The molecule has 1 fully saturated rings. The summed E-state index contributed by atoms with van der Waals surface area (Å²) in [6.07, 6.45) is 4.18. The molecule has 7 heteroatoms. The van der Waals surface area contributed by atoms with Crippen molar-refractivity contribution in [1.82, 2.24) is 4.90 Å². The number of ether oxygens (including phenoxy) is 1. The van der Waals surface area contributed by atoms with Gasteiger partial charge in [0, 0.05) is 11.4 Å². The predicted molar refractivity (Wildman–Crippen MR) is 87.1 cm³/mol. The van der Waals surface area contributed by atoms with Crippen LogP contribution in [0.1, 0.15) is 29.6 Å². The van der Waals surface area contributed by atoms with Gasteiger partial charge in [-0.05, 0) is 49.8 Å². The number of carbonyl (C=O) groups excluding carboxylic acids is 3. The van der Waals surface area contributed by atoms with Crippen LogP contribution in [0.15, 0.2) is 29.2 Å². The summed E-state index contributed by atoms with van der Waals surface area (Å²) in [7, 11) is 0.